The van der Waals surface area contributed by atoms with Gasteiger partial charge in [-0.25, -0.2) is 4.79 Å². The Morgan fingerprint density at radius 1 is 1.11 bits per heavy atom. The van der Waals surface area contributed by atoms with Crippen molar-refractivity contribution in [1.29, 1.82) is 0 Å². The lowest BCUT2D eigenvalue weighted by molar-refractivity contribution is 0.180. The van der Waals surface area contributed by atoms with Crippen LogP contribution in [0.2, 0.25) is 0 Å². The number of hydrogen-bond acceptors (Lipinski definition) is 2. The topological polar surface area (TPSA) is 46.5 Å². The van der Waals surface area contributed by atoms with Crippen LogP contribution in [0.1, 0.15) is 36.2 Å². The van der Waals surface area contributed by atoms with E-state index in [2.05, 4.69) is 41.2 Å². The van der Waals surface area contributed by atoms with Crippen LogP contribution in [-0.2, 0) is 6.54 Å². The van der Waals surface area contributed by atoms with Crippen molar-refractivity contribution in [3.05, 3.63) is 83.7 Å². The molecule has 1 aliphatic heterocycles. The molecule has 0 bridgehead atoms. The number of amides is 2. The average Bonchev–Trinajstić information content (AvgIpc) is 3.16. The van der Waals surface area contributed by atoms with Crippen LogP contribution in [0.3, 0.4) is 0 Å². The molecule has 5 nitrogen and oxygen atoms in total. The predicted octanol–water partition coefficient (Wildman–Crippen LogP) is 4.51. The zero-order valence-corrected chi connectivity index (χ0v) is 16.3. The molecule has 1 atom stereocenters. The fraction of sp³-hybridized carbons (Fsp3) is 0.261. The van der Waals surface area contributed by atoms with Crippen LogP contribution in [0, 0.1) is 0 Å². The van der Waals surface area contributed by atoms with Crippen molar-refractivity contribution in [2.75, 3.05) is 13.7 Å². The zero-order valence-electron chi connectivity index (χ0n) is 16.3. The molecule has 2 aromatic carbocycles. The molecule has 4 rings (SSSR count). The van der Waals surface area contributed by atoms with Gasteiger partial charge in [0.15, 0.2) is 0 Å². The highest BCUT2D eigenvalue weighted by atomic mass is 16.5. The number of nitrogens with one attached hydrogen (secondary N) is 1. The number of carbonyl (C=O) groups is 1. The van der Waals surface area contributed by atoms with Gasteiger partial charge in [-0.3, -0.25) is 0 Å². The summed E-state index contributed by atoms with van der Waals surface area (Å²) in [6, 6.07) is 20.1. The largest absolute Gasteiger partial charge is 0.497 e. The molecule has 0 fully saturated rings. The summed E-state index contributed by atoms with van der Waals surface area (Å²) in [6.07, 6.45) is 2.97. The standard InChI is InChI=1S/C23H25N3O2/c1-3-14-24-23(27)26-16-18-7-4-5-8-20(18)25-15-6-9-21(25)22(26)17-10-12-19(28-2)13-11-17/h4-13,15,22H,3,14,16H2,1-2H3,(H,24,27)/t22-/m0/s1. The van der Waals surface area contributed by atoms with E-state index in [1.165, 1.54) is 0 Å². The van der Waals surface area contributed by atoms with Gasteiger partial charge in [0.25, 0.3) is 0 Å². The van der Waals surface area contributed by atoms with Crippen LogP contribution < -0.4 is 10.1 Å². The summed E-state index contributed by atoms with van der Waals surface area (Å²) in [5.74, 6) is 0.804. The van der Waals surface area contributed by atoms with Crippen molar-refractivity contribution in [3.63, 3.8) is 0 Å². The van der Waals surface area contributed by atoms with Gasteiger partial charge < -0.3 is 19.5 Å². The Morgan fingerprint density at radius 2 is 1.89 bits per heavy atom. The maximum atomic E-state index is 13.1. The third-order valence-corrected chi connectivity index (χ3v) is 5.18. The Morgan fingerprint density at radius 3 is 2.64 bits per heavy atom. The van der Waals surface area contributed by atoms with Gasteiger partial charge in [0.05, 0.1) is 25.4 Å². The molecule has 2 amide bonds. The molecule has 2 heterocycles. The lowest BCUT2D eigenvalue weighted by Crippen LogP contribution is -2.42. The van der Waals surface area contributed by atoms with E-state index in [1.54, 1.807) is 7.11 Å². The number of hydrogen-bond donors (Lipinski definition) is 1. The van der Waals surface area contributed by atoms with E-state index in [1.807, 2.05) is 47.4 Å². The molecule has 0 aliphatic carbocycles. The fourth-order valence-electron chi connectivity index (χ4n) is 3.81. The number of benzene rings is 2. The van der Waals surface area contributed by atoms with Gasteiger partial charge in [-0.15, -0.1) is 0 Å². The first-order valence-corrected chi connectivity index (χ1v) is 9.67. The summed E-state index contributed by atoms with van der Waals surface area (Å²) in [5.41, 5.74) is 4.37. The molecular formula is C23H25N3O2. The quantitative estimate of drug-likeness (QED) is 0.729. The van der Waals surface area contributed by atoms with Crippen molar-refractivity contribution in [1.82, 2.24) is 14.8 Å². The van der Waals surface area contributed by atoms with E-state index in [4.69, 9.17) is 4.74 Å². The number of rotatable bonds is 4. The number of urea groups is 1. The summed E-state index contributed by atoms with van der Waals surface area (Å²) < 4.78 is 7.51. The average molecular weight is 375 g/mol. The molecule has 144 valence electrons. The zero-order chi connectivity index (χ0) is 19.5. The molecule has 0 saturated carbocycles. The molecular weight excluding hydrogens is 350 g/mol. The first-order chi connectivity index (χ1) is 13.7. The van der Waals surface area contributed by atoms with Crippen molar-refractivity contribution >= 4 is 6.03 Å². The number of carbonyl (C=O) groups excluding carboxylic acids is 1. The minimum absolute atomic E-state index is 0.0490. The highest BCUT2D eigenvalue weighted by Crippen LogP contribution is 2.36. The highest BCUT2D eigenvalue weighted by molar-refractivity contribution is 5.76. The SMILES string of the molecule is CCCNC(=O)N1Cc2ccccc2-n2cccc2[C@@H]1c1ccc(OC)cc1. The third kappa shape index (κ3) is 3.24. The number of para-hydroxylation sites is 1. The number of nitrogens with zero attached hydrogens (tertiary/aromatic N) is 2. The highest BCUT2D eigenvalue weighted by Gasteiger charge is 2.32. The maximum absolute atomic E-state index is 13.1. The maximum Gasteiger partial charge on any atom is 0.318 e. The predicted molar refractivity (Wildman–Crippen MR) is 110 cm³/mol. The minimum Gasteiger partial charge on any atom is -0.497 e. The Kier molecular flexibility index (Phi) is 5.06. The minimum atomic E-state index is -0.190. The fourth-order valence-corrected chi connectivity index (χ4v) is 3.81. The molecule has 1 aliphatic rings. The number of methoxy groups -OCH3 is 1. The van der Waals surface area contributed by atoms with Crippen LogP contribution in [0.5, 0.6) is 5.75 Å². The Balaban J connectivity index is 1.85. The molecule has 0 spiro atoms. The summed E-state index contributed by atoms with van der Waals surface area (Å²) >= 11 is 0. The molecule has 0 unspecified atom stereocenters. The van der Waals surface area contributed by atoms with Crippen LogP contribution in [0.25, 0.3) is 5.69 Å². The molecule has 1 N–H and O–H groups in total. The summed E-state index contributed by atoms with van der Waals surface area (Å²) in [5, 5.41) is 3.06. The molecule has 1 aromatic heterocycles. The second-order valence-corrected chi connectivity index (χ2v) is 6.97. The number of aromatic nitrogens is 1. The van der Waals surface area contributed by atoms with E-state index in [0.29, 0.717) is 13.1 Å². The van der Waals surface area contributed by atoms with Gasteiger partial charge in [0.2, 0.25) is 0 Å². The van der Waals surface area contributed by atoms with Gasteiger partial charge in [-0.2, -0.15) is 0 Å². The summed E-state index contributed by atoms with van der Waals surface area (Å²) in [7, 11) is 1.66. The lowest BCUT2D eigenvalue weighted by Gasteiger charge is -2.31. The second-order valence-electron chi connectivity index (χ2n) is 6.97. The monoisotopic (exact) mass is 375 g/mol. The van der Waals surface area contributed by atoms with E-state index in [9.17, 15) is 4.79 Å². The van der Waals surface area contributed by atoms with Gasteiger partial charge in [0, 0.05) is 18.4 Å². The third-order valence-electron chi connectivity index (χ3n) is 5.18. The first kappa shape index (κ1) is 18.2. The Bertz CT molecular complexity index is 962. The van der Waals surface area contributed by atoms with Crippen molar-refractivity contribution in [3.8, 4) is 11.4 Å². The first-order valence-electron chi connectivity index (χ1n) is 9.67. The summed E-state index contributed by atoms with van der Waals surface area (Å²) in [6.45, 7) is 3.27. The number of ether oxygens (including phenoxy) is 1. The molecule has 0 radical (unpaired) electrons. The normalized spacial score (nSPS) is 15.4. The molecule has 3 aromatic rings. The smallest absolute Gasteiger partial charge is 0.318 e. The van der Waals surface area contributed by atoms with Crippen LogP contribution >= 0.6 is 0 Å². The lowest BCUT2D eigenvalue weighted by atomic mass is 10.0. The number of fused-ring (bicyclic) bond motifs is 3. The Labute approximate surface area is 165 Å². The van der Waals surface area contributed by atoms with E-state index >= 15 is 0 Å². The summed E-state index contributed by atoms with van der Waals surface area (Å²) in [4.78, 5) is 15.1. The van der Waals surface area contributed by atoms with E-state index < -0.39 is 0 Å². The Hall–Kier alpha value is -3.21. The van der Waals surface area contributed by atoms with Crippen LogP contribution in [0.4, 0.5) is 4.79 Å². The van der Waals surface area contributed by atoms with Gasteiger partial charge in [0.1, 0.15) is 5.75 Å². The second kappa shape index (κ2) is 7.80. The van der Waals surface area contributed by atoms with Crippen molar-refractivity contribution in [2.24, 2.45) is 0 Å². The molecule has 0 saturated heterocycles. The molecule has 28 heavy (non-hydrogen) atoms. The van der Waals surface area contributed by atoms with Gasteiger partial charge >= 0.3 is 6.03 Å². The van der Waals surface area contributed by atoms with E-state index in [-0.39, 0.29) is 12.1 Å². The van der Waals surface area contributed by atoms with Crippen LogP contribution in [-0.4, -0.2) is 29.2 Å². The molecule has 5 heteroatoms. The van der Waals surface area contributed by atoms with Crippen molar-refractivity contribution < 1.29 is 9.53 Å². The van der Waals surface area contributed by atoms with E-state index in [0.717, 1.165) is 34.7 Å². The van der Waals surface area contributed by atoms with Gasteiger partial charge in [-0.05, 0) is 47.9 Å². The van der Waals surface area contributed by atoms with Gasteiger partial charge in [-0.1, -0.05) is 37.3 Å². The van der Waals surface area contributed by atoms with Crippen LogP contribution in [0.15, 0.2) is 66.9 Å². The van der Waals surface area contributed by atoms with Crippen molar-refractivity contribution in [2.45, 2.75) is 25.9 Å².